The van der Waals surface area contributed by atoms with Crippen molar-refractivity contribution in [1.29, 1.82) is 5.26 Å². The summed E-state index contributed by atoms with van der Waals surface area (Å²) in [5, 5.41) is 13.0. The summed E-state index contributed by atoms with van der Waals surface area (Å²) in [6, 6.07) is 20.0. The lowest BCUT2D eigenvalue weighted by Gasteiger charge is -2.24. The van der Waals surface area contributed by atoms with Crippen LogP contribution in [0.5, 0.6) is 5.75 Å². The lowest BCUT2D eigenvalue weighted by Crippen LogP contribution is -2.34. The highest BCUT2D eigenvalue weighted by Gasteiger charge is 2.23. The first-order valence-corrected chi connectivity index (χ1v) is 11.1. The van der Waals surface area contributed by atoms with Gasteiger partial charge in [-0.2, -0.15) is 10.2 Å². The number of fused-ring (bicyclic) bond motifs is 1. The zero-order chi connectivity index (χ0) is 23.0. The molecular weight excluding hydrogens is 414 g/mol. The number of rotatable bonds is 8. The molecular formula is C26H27N5O2. The molecule has 168 valence electrons. The van der Waals surface area contributed by atoms with Crippen LogP contribution in [0.25, 0.3) is 0 Å². The van der Waals surface area contributed by atoms with E-state index in [1.807, 2.05) is 47.4 Å². The first-order valence-electron chi connectivity index (χ1n) is 11.1. The quantitative estimate of drug-likeness (QED) is 0.426. The van der Waals surface area contributed by atoms with Crippen LogP contribution >= 0.6 is 0 Å². The van der Waals surface area contributed by atoms with E-state index in [9.17, 15) is 10.1 Å². The van der Waals surface area contributed by atoms with Crippen molar-refractivity contribution in [1.82, 2.24) is 9.55 Å². The Hall–Kier alpha value is -4.05. The van der Waals surface area contributed by atoms with Gasteiger partial charge in [0.1, 0.15) is 18.4 Å². The molecule has 0 fully saturated rings. The van der Waals surface area contributed by atoms with E-state index < -0.39 is 0 Å². The van der Waals surface area contributed by atoms with Gasteiger partial charge in [-0.1, -0.05) is 48.5 Å². The number of ether oxygens (including phenoxy) is 1. The Morgan fingerprint density at radius 3 is 2.39 bits per heavy atom. The van der Waals surface area contributed by atoms with Crippen LogP contribution in [-0.2, 0) is 19.4 Å². The second-order valence-corrected chi connectivity index (χ2v) is 7.79. The van der Waals surface area contributed by atoms with E-state index >= 15 is 0 Å². The third-order valence-electron chi connectivity index (χ3n) is 5.69. The maximum absolute atomic E-state index is 13.2. The van der Waals surface area contributed by atoms with E-state index in [-0.39, 0.29) is 17.7 Å². The van der Waals surface area contributed by atoms with Crippen LogP contribution < -0.4 is 20.5 Å². The average Bonchev–Trinajstić information content (AvgIpc) is 3.07. The molecule has 1 aliphatic rings. The highest BCUT2D eigenvalue weighted by Crippen LogP contribution is 2.22. The summed E-state index contributed by atoms with van der Waals surface area (Å²) in [7, 11) is 0. The summed E-state index contributed by atoms with van der Waals surface area (Å²) in [6.07, 6.45) is 3.30. The Kier molecular flexibility index (Phi) is 7.06. The number of aromatic nitrogens is 2. The summed E-state index contributed by atoms with van der Waals surface area (Å²) in [5.41, 5.74) is 2.30. The van der Waals surface area contributed by atoms with Crippen molar-refractivity contribution in [3.8, 4) is 11.8 Å². The summed E-state index contributed by atoms with van der Waals surface area (Å²) in [6.45, 7) is 6.25. The highest BCUT2D eigenvalue weighted by molar-refractivity contribution is 5.56. The molecule has 0 radical (unpaired) electrons. The fourth-order valence-corrected chi connectivity index (χ4v) is 4.03. The van der Waals surface area contributed by atoms with Gasteiger partial charge in [0.25, 0.3) is 5.56 Å². The van der Waals surface area contributed by atoms with Gasteiger partial charge in [0, 0.05) is 19.6 Å². The van der Waals surface area contributed by atoms with Crippen molar-refractivity contribution in [2.75, 3.05) is 36.5 Å². The average molecular weight is 442 g/mol. The van der Waals surface area contributed by atoms with E-state index in [1.54, 1.807) is 6.08 Å². The third kappa shape index (κ3) is 5.07. The smallest absolute Gasteiger partial charge is 0.275 e. The lowest BCUT2D eigenvalue weighted by molar-refractivity contribution is 0.332. The number of hydrogen-bond donors (Lipinski definition) is 1. The molecule has 0 saturated carbocycles. The molecule has 0 bridgehead atoms. The van der Waals surface area contributed by atoms with Gasteiger partial charge < -0.3 is 15.0 Å². The number of nitrogens with zero attached hydrogens (tertiary/aromatic N) is 4. The molecule has 33 heavy (non-hydrogen) atoms. The van der Waals surface area contributed by atoms with Gasteiger partial charge in [0.15, 0.2) is 11.4 Å². The summed E-state index contributed by atoms with van der Waals surface area (Å²) < 4.78 is 7.19. The summed E-state index contributed by atoms with van der Waals surface area (Å²) in [5.74, 6) is 1.62. The molecule has 2 aromatic carbocycles. The van der Waals surface area contributed by atoms with Crippen LogP contribution in [0.2, 0.25) is 0 Å². The van der Waals surface area contributed by atoms with Crippen molar-refractivity contribution in [3.05, 3.63) is 94.3 Å². The molecule has 0 aliphatic carbocycles. The molecule has 1 aliphatic heterocycles. The number of benzene rings is 2. The number of nitrogens with one attached hydrogen (secondary N) is 1. The number of allylic oxidation sites excluding steroid dienone is 1. The van der Waals surface area contributed by atoms with Crippen LogP contribution in [0.3, 0.4) is 0 Å². The fourth-order valence-electron chi connectivity index (χ4n) is 4.03. The van der Waals surface area contributed by atoms with Gasteiger partial charge in [-0.3, -0.25) is 9.36 Å². The van der Waals surface area contributed by atoms with Crippen molar-refractivity contribution < 1.29 is 4.74 Å². The minimum absolute atomic E-state index is 0.0638. The molecule has 7 heteroatoms. The maximum Gasteiger partial charge on any atom is 0.275 e. The predicted octanol–water partition coefficient (Wildman–Crippen LogP) is 3.40. The second kappa shape index (κ2) is 10.5. The number of nitriles is 1. The number of para-hydroxylation sites is 1. The number of anilines is 2. The normalized spacial score (nSPS) is 12.9. The molecule has 4 rings (SSSR count). The molecule has 0 saturated heterocycles. The molecule has 0 spiro atoms. The second-order valence-electron chi connectivity index (χ2n) is 7.79. The molecule has 3 aromatic rings. The first kappa shape index (κ1) is 22.2. The van der Waals surface area contributed by atoms with E-state index in [0.717, 1.165) is 18.6 Å². The minimum atomic E-state index is -0.365. The fraction of sp³-hybridized carbons (Fsp3) is 0.269. The molecule has 7 nitrogen and oxygen atoms in total. The third-order valence-corrected chi connectivity index (χ3v) is 5.69. The molecule has 0 unspecified atom stereocenters. The molecule has 0 amide bonds. The predicted molar refractivity (Wildman–Crippen MR) is 130 cm³/mol. The van der Waals surface area contributed by atoms with E-state index in [4.69, 9.17) is 9.72 Å². The van der Waals surface area contributed by atoms with Gasteiger partial charge in [0.2, 0.25) is 5.95 Å². The molecule has 0 atom stereocenters. The van der Waals surface area contributed by atoms with Crippen molar-refractivity contribution in [3.63, 3.8) is 0 Å². The Morgan fingerprint density at radius 1 is 1.09 bits per heavy atom. The van der Waals surface area contributed by atoms with E-state index in [2.05, 4.69) is 30.1 Å². The van der Waals surface area contributed by atoms with Crippen molar-refractivity contribution >= 4 is 11.8 Å². The standard InChI is InChI=1S/C26H27N5O2/c1-2-15-31-25(32)23(19-27)24(30-16-12-20-8-6-7-9-21(20)13-17-30)29-26(31)28-14-18-33-22-10-4-3-5-11-22/h2-11H,1,12-18H2,(H,28,29). The Labute approximate surface area is 193 Å². The Balaban J connectivity index is 1.57. The maximum atomic E-state index is 13.2. The van der Waals surface area contributed by atoms with Crippen LogP contribution in [0.15, 0.2) is 72.0 Å². The minimum Gasteiger partial charge on any atom is -0.492 e. The number of hydrogen-bond acceptors (Lipinski definition) is 6. The van der Waals surface area contributed by atoms with Crippen LogP contribution in [0.4, 0.5) is 11.8 Å². The van der Waals surface area contributed by atoms with Gasteiger partial charge >= 0.3 is 0 Å². The van der Waals surface area contributed by atoms with E-state index in [0.29, 0.717) is 38.0 Å². The van der Waals surface area contributed by atoms with Crippen molar-refractivity contribution in [2.45, 2.75) is 19.4 Å². The topological polar surface area (TPSA) is 83.2 Å². The van der Waals surface area contributed by atoms with Crippen LogP contribution in [0.1, 0.15) is 16.7 Å². The van der Waals surface area contributed by atoms with E-state index in [1.165, 1.54) is 15.7 Å². The highest BCUT2D eigenvalue weighted by atomic mass is 16.5. The van der Waals surface area contributed by atoms with Gasteiger partial charge in [-0.15, -0.1) is 6.58 Å². The zero-order valence-electron chi connectivity index (χ0n) is 18.5. The Bertz CT molecular complexity index is 1190. The van der Waals surface area contributed by atoms with Gasteiger partial charge in [0.05, 0.1) is 6.54 Å². The summed E-state index contributed by atoms with van der Waals surface area (Å²) in [4.78, 5) is 20.0. The molecule has 1 N–H and O–H groups in total. The van der Waals surface area contributed by atoms with Crippen molar-refractivity contribution in [2.24, 2.45) is 0 Å². The first-order chi connectivity index (χ1) is 16.2. The van der Waals surface area contributed by atoms with Gasteiger partial charge in [-0.05, 0) is 36.1 Å². The monoisotopic (exact) mass is 441 g/mol. The Morgan fingerprint density at radius 2 is 1.76 bits per heavy atom. The van der Waals surface area contributed by atoms with Crippen LogP contribution in [-0.4, -0.2) is 35.8 Å². The molecule has 1 aromatic heterocycles. The summed E-state index contributed by atoms with van der Waals surface area (Å²) >= 11 is 0. The van der Waals surface area contributed by atoms with Crippen LogP contribution in [0, 0.1) is 11.3 Å². The SMILES string of the molecule is C=CCn1c(NCCOc2ccccc2)nc(N2CCc3ccccc3CC2)c(C#N)c1=O. The zero-order valence-corrected chi connectivity index (χ0v) is 18.5. The lowest BCUT2D eigenvalue weighted by atomic mass is 10.0. The van der Waals surface area contributed by atoms with Gasteiger partial charge in [-0.25, -0.2) is 0 Å². The largest absolute Gasteiger partial charge is 0.492 e. The molecule has 2 heterocycles.